The topological polar surface area (TPSA) is 105 Å². The fourth-order valence-corrected chi connectivity index (χ4v) is 4.88. The molecule has 0 atom stereocenters. The Morgan fingerprint density at radius 2 is 1.88 bits per heavy atom. The maximum atomic E-state index is 12.6. The van der Waals surface area contributed by atoms with Crippen LogP contribution in [0.5, 0.6) is 5.75 Å². The molecule has 1 fully saturated rings. The summed E-state index contributed by atoms with van der Waals surface area (Å²) in [6.45, 7) is -0.518. The van der Waals surface area contributed by atoms with Crippen LogP contribution < -0.4 is 10.1 Å². The van der Waals surface area contributed by atoms with Crippen LogP contribution in [0.15, 0.2) is 29.6 Å². The van der Waals surface area contributed by atoms with Crippen LogP contribution in [-0.2, 0) is 24.2 Å². The van der Waals surface area contributed by atoms with Crippen LogP contribution in [0.2, 0.25) is 0 Å². The van der Waals surface area contributed by atoms with E-state index in [4.69, 9.17) is 4.74 Å². The first kappa shape index (κ1) is 22.6. The lowest BCUT2D eigenvalue weighted by molar-refractivity contribution is -0.137. The second kappa shape index (κ2) is 9.14. The standard InChI is InChI=1S/C20H18F3N3O4S2/c21-20(22,23)11-1-3-12(4-2-11)30-13-5-10(6-13)18(29)26-19-25-15(9-31-19)17-14(7-27)24-16(8-28)32-17/h1-4,9-10,13,27-28H,5-8H2,(H,25,26,29). The number of aromatic nitrogens is 2. The molecule has 0 radical (unpaired) electrons. The number of thiazole rings is 2. The van der Waals surface area contributed by atoms with Gasteiger partial charge in [-0.05, 0) is 37.1 Å². The fourth-order valence-electron chi connectivity index (χ4n) is 3.21. The molecule has 3 N–H and O–H groups in total. The van der Waals surface area contributed by atoms with Gasteiger partial charge in [-0.3, -0.25) is 4.79 Å². The highest BCUT2D eigenvalue weighted by Crippen LogP contribution is 2.36. The lowest BCUT2D eigenvalue weighted by atomic mass is 9.81. The summed E-state index contributed by atoms with van der Waals surface area (Å²) in [7, 11) is 0. The molecule has 1 saturated carbocycles. The first-order chi connectivity index (χ1) is 15.3. The molecule has 1 aliphatic rings. The monoisotopic (exact) mass is 485 g/mol. The molecule has 3 aromatic rings. The average molecular weight is 486 g/mol. The number of alkyl halides is 3. The summed E-state index contributed by atoms with van der Waals surface area (Å²) in [5.74, 6) is -0.155. The van der Waals surface area contributed by atoms with Crippen molar-refractivity contribution in [2.24, 2.45) is 5.92 Å². The number of nitrogens with one attached hydrogen (secondary N) is 1. The van der Waals surface area contributed by atoms with E-state index < -0.39 is 11.7 Å². The largest absolute Gasteiger partial charge is 0.490 e. The van der Waals surface area contributed by atoms with Crippen LogP contribution in [0, 0.1) is 5.92 Å². The third kappa shape index (κ3) is 4.93. The molecule has 170 valence electrons. The van der Waals surface area contributed by atoms with Crippen LogP contribution in [0.1, 0.15) is 29.1 Å². The lowest BCUT2D eigenvalue weighted by Crippen LogP contribution is -2.40. The van der Waals surface area contributed by atoms with Crippen molar-refractivity contribution in [2.75, 3.05) is 5.32 Å². The van der Waals surface area contributed by atoms with Gasteiger partial charge in [0.15, 0.2) is 5.13 Å². The molecule has 0 unspecified atom stereocenters. The summed E-state index contributed by atoms with van der Waals surface area (Å²) in [6, 6.07) is 4.48. The van der Waals surface area contributed by atoms with E-state index in [1.54, 1.807) is 5.38 Å². The molecule has 7 nitrogen and oxygen atoms in total. The number of aliphatic hydroxyl groups is 2. The van der Waals surface area contributed by atoms with E-state index in [1.807, 2.05) is 0 Å². The molecular formula is C20H18F3N3O4S2. The molecule has 1 aromatic carbocycles. The number of halogens is 3. The zero-order valence-corrected chi connectivity index (χ0v) is 18.1. The van der Waals surface area contributed by atoms with Gasteiger partial charge in [0, 0.05) is 11.3 Å². The summed E-state index contributed by atoms with van der Waals surface area (Å²) >= 11 is 2.46. The number of aliphatic hydroxyl groups excluding tert-OH is 2. The van der Waals surface area contributed by atoms with E-state index in [0.717, 1.165) is 12.1 Å². The van der Waals surface area contributed by atoms with E-state index >= 15 is 0 Å². The molecule has 2 heterocycles. The SMILES string of the molecule is O=C(Nc1nc(-c2sc(CO)nc2CO)cs1)C1CC(Oc2ccc(C(F)(F)F)cc2)C1. The molecule has 32 heavy (non-hydrogen) atoms. The zero-order valence-electron chi connectivity index (χ0n) is 16.4. The van der Waals surface area contributed by atoms with E-state index in [0.29, 0.717) is 45.0 Å². The van der Waals surface area contributed by atoms with Gasteiger partial charge in [0.2, 0.25) is 5.91 Å². The molecule has 0 saturated heterocycles. The Morgan fingerprint density at radius 3 is 2.50 bits per heavy atom. The summed E-state index contributed by atoms with van der Waals surface area (Å²) < 4.78 is 43.5. The summed E-state index contributed by atoms with van der Waals surface area (Å²) in [5.41, 5.74) is 0.240. The minimum atomic E-state index is -4.39. The Kier molecular flexibility index (Phi) is 6.47. The second-order valence-corrected chi connectivity index (χ2v) is 9.10. The third-order valence-electron chi connectivity index (χ3n) is 4.94. The molecule has 2 aromatic heterocycles. The van der Waals surface area contributed by atoms with Gasteiger partial charge in [0.1, 0.15) is 16.9 Å². The molecule has 0 spiro atoms. The van der Waals surface area contributed by atoms with Crippen molar-refractivity contribution in [1.82, 2.24) is 9.97 Å². The van der Waals surface area contributed by atoms with Crippen molar-refractivity contribution in [3.8, 4) is 16.3 Å². The molecular weight excluding hydrogens is 467 g/mol. The van der Waals surface area contributed by atoms with Crippen molar-refractivity contribution in [2.45, 2.75) is 38.3 Å². The van der Waals surface area contributed by atoms with Gasteiger partial charge in [-0.25, -0.2) is 9.97 Å². The zero-order chi connectivity index (χ0) is 22.9. The van der Waals surface area contributed by atoms with E-state index in [-0.39, 0.29) is 31.1 Å². The number of carbonyl (C=O) groups excluding carboxylic acids is 1. The molecule has 1 aliphatic carbocycles. The van der Waals surface area contributed by atoms with Crippen molar-refractivity contribution in [3.05, 3.63) is 45.9 Å². The van der Waals surface area contributed by atoms with Crippen molar-refractivity contribution < 1.29 is 32.9 Å². The number of ether oxygens (including phenoxy) is 1. The highest BCUT2D eigenvalue weighted by Gasteiger charge is 2.37. The minimum absolute atomic E-state index is 0.207. The number of hydrogen-bond acceptors (Lipinski definition) is 8. The van der Waals surface area contributed by atoms with Crippen molar-refractivity contribution in [1.29, 1.82) is 0 Å². The molecule has 0 bridgehead atoms. The van der Waals surface area contributed by atoms with Gasteiger partial charge in [-0.1, -0.05) is 0 Å². The molecule has 0 aliphatic heterocycles. The summed E-state index contributed by atoms with van der Waals surface area (Å²) in [4.78, 5) is 21.6. The van der Waals surface area contributed by atoms with Gasteiger partial charge >= 0.3 is 6.18 Å². The quantitative estimate of drug-likeness (QED) is 0.466. The van der Waals surface area contributed by atoms with Crippen molar-refractivity contribution in [3.63, 3.8) is 0 Å². The smallest absolute Gasteiger partial charge is 0.416 e. The van der Waals surface area contributed by atoms with Gasteiger partial charge in [-0.15, -0.1) is 22.7 Å². The Labute approximate surface area is 188 Å². The number of carbonyl (C=O) groups is 1. The van der Waals surface area contributed by atoms with E-state index in [1.165, 1.54) is 34.8 Å². The van der Waals surface area contributed by atoms with Gasteiger partial charge in [0.25, 0.3) is 0 Å². The summed E-state index contributed by atoms with van der Waals surface area (Å²) in [5, 5.41) is 24.0. The highest BCUT2D eigenvalue weighted by atomic mass is 32.1. The molecule has 1 amide bonds. The number of nitrogens with zero attached hydrogens (tertiary/aromatic N) is 2. The average Bonchev–Trinajstić information content (AvgIpc) is 3.36. The third-order valence-corrected chi connectivity index (χ3v) is 6.81. The van der Waals surface area contributed by atoms with Gasteiger partial charge < -0.3 is 20.3 Å². The first-order valence-corrected chi connectivity index (χ1v) is 11.3. The lowest BCUT2D eigenvalue weighted by Gasteiger charge is -2.34. The predicted molar refractivity (Wildman–Crippen MR) is 112 cm³/mol. The summed E-state index contributed by atoms with van der Waals surface area (Å²) in [6.07, 6.45) is -3.73. The van der Waals surface area contributed by atoms with Crippen LogP contribution in [0.3, 0.4) is 0 Å². The predicted octanol–water partition coefficient (Wildman–Crippen LogP) is 4.07. The van der Waals surface area contributed by atoms with Crippen molar-refractivity contribution >= 4 is 33.7 Å². The van der Waals surface area contributed by atoms with Gasteiger partial charge in [0.05, 0.1) is 35.0 Å². The van der Waals surface area contributed by atoms with Crippen LogP contribution in [-0.4, -0.2) is 32.2 Å². The van der Waals surface area contributed by atoms with Crippen LogP contribution >= 0.6 is 22.7 Å². The Balaban J connectivity index is 1.30. The maximum absolute atomic E-state index is 12.6. The normalized spacial score (nSPS) is 18.3. The molecule has 12 heteroatoms. The Morgan fingerprint density at radius 1 is 1.16 bits per heavy atom. The number of benzene rings is 1. The number of amides is 1. The highest BCUT2D eigenvalue weighted by molar-refractivity contribution is 7.17. The number of rotatable bonds is 7. The first-order valence-electron chi connectivity index (χ1n) is 9.57. The Bertz CT molecular complexity index is 1090. The minimum Gasteiger partial charge on any atom is -0.490 e. The van der Waals surface area contributed by atoms with Gasteiger partial charge in [-0.2, -0.15) is 13.2 Å². The van der Waals surface area contributed by atoms with E-state index in [9.17, 15) is 28.2 Å². The van der Waals surface area contributed by atoms with E-state index in [2.05, 4.69) is 15.3 Å². The fraction of sp³-hybridized carbons (Fsp3) is 0.350. The van der Waals surface area contributed by atoms with Crippen LogP contribution in [0.4, 0.5) is 18.3 Å². The Hall–Kier alpha value is -2.54. The second-order valence-electron chi connectivity index (χ2n) is 7.16. The number of hydrogen-bond donors (Lipinski definition) is 3. The van der Waals surface area contributed by atoms with Crippen LogP contribution in [0.25, 0.3) is 10.6 Å². The number of anilines is 1. The maximum Gasteiger partial charge on any atom is 0.416 e. The molecule has 4 rings (SSSR count).